The number of amides is 1. The van der Waals surface area contributed by atoms with Gasteiger partial charge in [0.2, 0.25) is 0 Å². The van der Waals surface area contributed by atoms with E-state index in [2.05, 4.69) is 21.7 Å². The molecule has 2 aliphatic rings. The zero-order valence-electron chi connectivity index (χ0n) is 11.4. The second-order valence-corrected chi connectivity index (χ2v) is 5.76. The van der Waals surface area contributed by atoms with Crippen molar-refractivity contribution in [2.24, 2.45) is 0 Å². The topological polar surface area (TPSA) is 82.2 Å². The Morgan fingerprint density at radius 2 is 2.38 bits per heavy atom. The first-order valence-corrected chi connectivity index (χ1v) is 7.19. The number of carbonyl (C=O) groups excluding carboxylic acids is 1. The monoisotopic (exact) mass is 281 g/mol. The van der Waals surface area contributed by atoms with E-state index in [4.69, 9.17) is 5.26 Å². The van der Waals surface area contributed by atoms with Gasteiger partial charge in [-0.25, -0.2) is 4.98 Å². The molecule has 2 aromatic heterocycles. The first kappa shape index (κ1) is 12.4. The van der Waals surface area contributed by atoms with E-state index in [0.717, 1.165) is 18.4 Å². The van der Waals surface area contributed by atoms with Gasteiger partial charge >= 0.3 is 0 Å². The molecular formula is C15H15N5O. The number of rotatable bonds is 2. The van der Waals surface area contributed by atoms with Crippen LogP contribution in [0.15, 0.2) is 24.5 Å². The molecule has 2 fully saturated rings. The van der Waals surface area contributed by atoms with E-state index < -0.39 is 0 Å². The van der Waals surface area contributed by atoms with Crippen molar-refractivity contribution in [2.75, 3.05) is 0 Å². The van der Waals surface area contributed by atoms with Crippen LogP contribution in [-0.2, 0) is 0 Å². The minimum absolute atomic E-state index is 0.142. The van der Waals surface area contributed by atoms with E-state index in [1.807, 2.05) is 6.07 Å². The van der Waals surface area contributed by atoms with Gasteiger partial charge in [0.25, 0.3) is 5.91 Å². The molecule has 0 saturated carbocycles. The lowest BCUT2D eigenvalue weighted by Gasteiger charge is -2.21. The quantitative estimate of drug-likeness (QED) is 0.854. The second kappa shape index (κ2) is 4.57. The Hall–Kier alpha value is -2.39. The van der Waals surface area contributed by atoms with Gasteiger partial charge in [-0.1, -0.05) is 0 Å². The number of hydrogen-bond donors (Lipinski definition) is 2. The summed E-state index contributed by atoms with van der Waals surface area (Å²) in [7, 11) is 0. The van der Waals surface area contributed by atoms with Gasteiger partial charge in [-0.15, -0.1) is 0 Å². The molecule has 2 aliphatic heterocycles. The average molecular weight is 281 g/mol. The SMILES string of the molecule is N#Cc1ccc2cc(C(=O)N[C@@H]3C[C@H]4CC[C@@H]3N4)ncn12. The molecule has 21 heavy (non-hydrogen) atoms. The molecule has 1 amide bonds. The van der Waals surface area contributed by atoms with Crippen molar-refractivity contribution in [1.29, 1.82) is 5.26 Å². The van der Waals surface area contributed by atoms with Gasteiger partial charge in [-0.05, 0) is 37.5 Å². The zero-order chi connectivity index (χ0) is 14.4. The van der Waals surface area contributed by atoms with Crippen LogP contribution in [0.4, 0.5) is 0 Å². The molecule has 0 spiro atoms. The van der Waals surface area contributed by atoms with Crippen LogP contribution in [0.3, 0.4) is 0 Å². The van der Waals surface area contributed by atoms with Crippen LogP contribution in [0.5, 0.6) is 0 Å². The summed E-state index contributed by atoms with van der Waals surface area (Å²) in [5.41, 5.74) is 1.72. The van der Waals surface area contributed by atoms with E-state index in [1.54, 1.807) is 16.5 Å². The maximum Gasteiger partial charge on any atom is 0.270 e. The molecule has 4 heterocycles. The van der Waals surface area contributed by atoms with Crippen molar-refractivity contribution in [3.05, 3.63) is 35.9 Å². The van der Waals surface area contributed by atoms with Crippen molar-refractivity contribution in [3.8, 4) is 6.07 Å². The molecule has 0 aliphatic carbocycles. The van der Waals surface area contributed by atoms with Gasteiger partial charge in [0.05, 0.1) is 5.52 Å². The summed E-state index contributed by atoms with van der Waals surface area (Å²) in [5, 5.41) is 15.5. The third kappa shape index (κ3) is 1.98. The summed E-state index contributed by atoms with van der Waals surface area (Å²) in [6.45, 7) is 0. The third-order valence-corrected chi connectivity index (χ3v) is 4.51. The molecule has 3 atom stereocenters. The number of aromatic nitrogens is 2. The highest BCUT2D eigenvalue weighted by Gasteiger charge is 2.39. The van der Waals surface area contributed by atoms with Crippen LogP contribution in [0, 0.1) is 11.3 Å². The Morgan fingerprint density at radius 3 is 3.10 bits per heavy atom. The molecule has 4 rings (SSSR count). The minimum atomic E-state index is -0.142. The van der Waals surface area contributed by atoms with Gasteiger partial charge in [-0.3, -0.25) is 9.20 Å². The largest absolute Gasteiger partial charge is 0.346 e. The highest BCUT2D eigenvalue weighted by atomic mass is 16.2. The average Bonchev–Trinajstić information content (AvgIpc) is 3.21. The Kier molecular flexibility index (Phi) is 2.69. The van der Waals surface area contributed by atoms with E-state index in [9.17, 15) is 4.79 Å². The molecule has 2 saturated heterocycles. The van der Waals surface area contributed by atoms with Crippen LogP contribution in [0.1, 0.15) is 35.4 Å². The molecule has 0 aromatic carbocycles. The summed E-state index contributed by atoms with van der Waals surface area (Å²) in [4.78, 5) is 16.5. The van der Waals surface area contributed by atoms with Gasteiger partial charge in [0.15, 0.2) is 0 Å². The standard InChI is InChI=1S/C15H15N5O/c16-7-11-3-2-10-6-14(17-8-20(10)11)15(21)19-13-5-9-1-4-12(13)18-9/h2-3,6,8-9,12-13,18H,1,4-5H2,(H,19,21)/t9-,12+,13-/m1/s1. The predicted octanol–water partition coefficient (Wildman–Crippen LogP) is 0.829. The van der Waals surface area contributed by atoms with Gasteiger partial charge in [0, 0.05) is 18.1 Å². The maximum atomic E-state index is 12.3. The van der Waals surface area contributed by atoms with Gasteiger partial charge in [-0.2, -0.15) is 5.26 Å². The smallest absolute Gasteiger partial charge is 0.270 e. The van der Waals surface area contributed by atoms with Crippen LogP contribution in [0.25, 0.3) is 5.52 Å². The normalized spacial score (nSPS) is 26.9. The lowest BCUT2D eigenvalue weighted by molar-refractivity contribution is 0.0926. The summed E-state index contributed by atoms with van der Waals surface area (Å²) < 4.78 is 1.68. The highest BCUT2D eigenvalue weighted by molar-refractivity contribution is 5.93. The van der Waals surface area contributed by atoms with E-state index in [-0.39, 0.29) is 11.9 Å². The first-order valence-electron chi connectivity index (χ1n) is 7.19. The highest BCUT2D eigenvalue weighted by Crippen LogP contribution is 2.28. The summed E-state index contributed by atoms with van der Waals surface area (Å²) >= 11 is 0. The van der Waals surface area contributed by atoms with Crippen molar-refractivity contribution in [3.63, 3.8) is 0 Å². The Morgan fingerprint density at radius 1 is 1.48 bits per heavy atom. The summed E-state index contributed by atoms with van der Waals surface area (Å²) in [5.74, 6) is -0.142. The van der Waals surface area contributed by atoms with Crippen LogP contribution < -0.4 is 10.6 Å². The van der Waals surface area contributed by atoms with Crippen LogP contribution >= 0.6 is 0 Å². The van der Waals surface area contributed by atoms with E-state index in [0.29, 0.717) is 23.5 Å². The molecule has 2 bridgehead atoms. The Labute approximate surface area is 121 Å². The summed E-state index contributed by atoms with van der Waals surface area (Å²) in [6, 6.07) is 8.51. The van der Waals surface area contributed by atoms with Crippen molar-refractivity contribution < 1.29 is 4.79 Å². The van der Waals surface area contributed by atoms with E-state index >= 15 is 0 Å². The number of nitrogens with zero attached hydrogens (tertiary/aromatic N) is 3. The fraction of sp³-hybridized carbons (Fsp3) is 0.400. The number of fused-ring (bicyclic) bond motifs is 3. The molecular weight excluding hydrogens is 266 g/mol. The van der Waals surface area contributed by atoms with Gasteiger partial charge < -0.3 is 10.6 Å². The van der Waals surface area contributed by atoms with Crippen molar-refractivity contribution in [2.45, 2.75) is 37.4 Å². The molecule has 0 radical (unpaired) electrons. The fourth-order valence-electron chi connectivity index (χ4n) is 3.45. The van der Waals surface area contributed by atoms with Crippen LogP contribution in [0.2, 0.25) is 0 Å². The molecule has 2 aromatic rings. The molecule has 0 unspecified atom stereocenters. The third-order valence-electron chi connectivity index (χ3n) is 4.51. The van der Waals surface area contributed by atoms with Crippen molar-refractivity contribution >= 4 is 11.4 Å². The molecule has 2 N–H and O–H groups in total. The fourth-order valence-corrected chi connectivity index (χ4v) is 3.45. The first-order chi connectivity index (χ1) is 10.2. The maximum absolute atomic E-state index is 12.3. The lowest BCUT2D eigenvalue weighted by Crippen LogP contribution is -2.43. The summed E-state index contributed by atoms with van der Waals surface area (Å²) in [6.07, 6.45) is 4.87. The Balaban J connectivity index is 1.55. The number of carbonyl (C=O) groups is 1. The molecule has 6 heteroatoms. The minimum Gasteiger partial charge on any atom is -0.346 e. The molecule has 106 valence electrons. The second-order valence-electron chi connectivity index (χ2n) is 5.76. The zero-order valence-corrected chi connectivity index (χ0v) is 11.4. The number of nitrogens with one attached hydrogen (secondary N) is 2. The van der Waals surface area contributed by atoms with Gasteiger partial charge in [0.1, 0.15) is 23.8 Å². The number of nitriles is 1. The lowest BCUT2D eigenvalue weighted by atomic mass is 9.95. The predicted molar refractivity (Wildman–Crippen MR) is 75.7 cm³/mol. The van der Waals surface area contributed by atoms with Crippen molar-refractivity contribution in [1.82, 2.24) is 20.0 Å². The molecule has 6 nitrogen and oxygen atoms in total. The Bertz CT molecular complexity index is 759. The van der Waals surface area contributed by atoms with Crippen LogP contribution in [-0.4, -0.2) is 33.4 Å². The number of hydrogen-bond acceptors (Lipinski definition) is 4. The van der Waals surface area contributed by atoms with E-state index in [1.165, 1.54) is 12.7 Å².